The van der Waals surface area contributed by atoms with Gasteiger partial charge >= 0.3 is 0 Å². The lowest BCUT2D eigenvalue weighted by Crippen LogP contribution is -2.25. The lowest BCUT2D eigenvalue weighted by molar-refractivity contribution is 0.482. The summed E-state index contributed by atoms with van der Waals surface area (Å²) in [5, 5.41) is 11.8. The van der Waals surface area contributed by atoms with Crippen molar-refractivity contribution in [3.63, 3.8) is 0 Å². The quantitative estimate of drug-likeness (QED) is 0.718. The van der Waals surface area contributed by atoms with Gasteiger partial charge in [-0.1, -0.05) is 24.3 Å². The van der Waals surface area contributed by atoms with Crippen LogP contribution in [-0.4, -0.2) is 6.54 Å². The first-order valence-corrected chi connectivity index (χ1v) is 5.10. The van der Waals surface area contributed by atoms with Crippen molar-refractivity contribution in [2.45, 2.75) is 25.3 Å². The minimum Gasteiger partial charge on any atom is -0.298 e. The maximum absolute atomic E-state index is 8.53. The number of benzene rings is 1. The van der Waals surface area contributed by atoms with Crippen molar-refractivity contribution in [3.05, 3.63) is 35.4 Å². The van der Waals surface area contributed by atoms with E-state index in [-0.39, 0.29) is 0 Å². The highest BCUT2D eigenvalue weighted by molar-refractivity contribution is 5.32. The number of nitrogens with zero attached hydrogens (tertiary/aromatic N) is 1. The molecule has 1 aromatic carbocycles. The number of nitrogens with one attached hydrogen (secondary N) is 1. The second-order valence-corrected chi connectivity index (χ2v) is 3.68. The van der Waals surface area contributed by atoms with Crippen LogP contribution in [0.2, 0.25) is 0 Å². The van der Waals surface area contributed by atoms with E-state index in [1.165, 1.54) is 24.0 Å². The smallest absolute Gasteiger partial charge is 0.0845 e. The number of rotatable bonds is 2. The highest BCUT2D eigenvalue weighted by Crippen LogP contribution is 2.28. The van der Waals surface area contributed by atoms with Crippen molar-refractivity contribution in [2.75, 3.05) is 6.54 Å². The van der Waals surface area contributed by atoms with Crippen LogP contribution in [-0.2, 0) is 6.42 Å². The Morgan fingerprint density at radius 2 is 2.29 bits per heavy atom. The van der Waals surface area contributed by atoms with Gasteiger partial charge < -0.3 is 0 Å². The zero-order valence-corrected chi connectivity index (χ0v) is 8.16. The molecule has 1 N–H and O–H groups in total. The fourth-order valence-electron chi connectivity index (χ4n) is 2.13. The van der Waals surface area contributed by atoms with Gasteiger partial charge in [0.2, 0.25) is 0 Å². The van der Waals surface area contributed by atoms with Crippen LogP contribution < -0.4 is 5.32 Å². The van der Waals surface area contributed by atoms with Crippen LogP contribution in [0.1, 0.15) is 30.0 Å². The van der Waals surface area contributed by atoms with Crippen molar-refractivity contribution in [3.8, 4) is 6.07 Å². The molecule has 0 aromatic heterocycles. The third-order valence-electron chi connectivity index (χ3n) is 2.80. The number of fused-ring (bicyclic) bond motifs is 1. The summed E-state index contributed by atoms with van der Waals surface area (Å²) < 4.78 is 0. The Labute approximate surface area is 84.6 Å². The topological polar surface area (TPSA) is 35.8 Å². The van der Waals surface area contributed by atoms with Crippen molar-refractivity contribution in [2.24, 2.45) is 0 Å². The first-order valence-electron chi connectivity index (χ1n) is 5.10. The van der Waals surface area contributed by atoms with E-state index >= 15 is 0 Å². The molecule has 1 unspecified atom stereocenters. The Morgan fingerprint density at radius 3 is 3.14 bits per heavy atom. The molecule has 0 radical (unpaired) electrons. The van der Waals surface area contributed by atoms with Gasteiger partial charge in [-0.3, -0.25) is 5.32 Å². The van der Waals surface area contributed by atoms with Gasteiger partial charge in [0, 0.05) is 6.04 Å². The molecule has 1 aromatic rings. The summed E-state index contributed by atoms with van der Waals surface area (Å²) in [5.41, 5.74) is 2.82. The summed E-state index contributed by atoms with van der Waals surface area (Å²) in [5.74, 6) is 0. The molecular weight excluding hydrogens is 172 g/mol. The van der Waals surface area contributed by atoms with E-state index in [2.05, 4.69) is 35.7 Å². The first-order chi connectivity index (χ1) is 6.92. The molecule has 0 amide bonds. The molecule has 0 spiro atoms. The van der Waals surface area contributed by atoms with Gasteiger partial charge in [0.05, 0.1) is 12.6 Å². The number of nitriles is 1. The van der Waals surface area contributed by atoms with E-state index in [1.807, 2.05) is 0 Å². The van der Waals surface area contributed by atoms with Crippen molar-refractivity contribution >= 4 is 0 Å². The number of aryl methyl sites for hydroxylation is 1. The van der Waals surface area contributed by atoms with Gasteiger partial charge in [0.1, 0.15) is 0 Å². The fourth-order valence-corrected chi connectivity index (χ4v) is 2.13. The Hall–Kier alpha value is -1.33. The number of hydrogen-bond donors (Lipinski definition) is 1. The van der Waals surface area contributed by atoms with Crippen LogP contribution >= 0.6 is 0 Å². The number of hydrogen-bond acceptors (Lipinski definition) is 2. The zero-order chi connectivity index (χ0) is 9.80. The molecule has 1 aliphatic rings. The van der Waals surface area contributed by atoms with Gasteiger partial charge in [0.15, 0.2) is 0 Å². The largest absolute Gasteiger partial charge is 0.298 e. The summed E-state index contributed by atoms with van der Waals surface area (Å²) in [4.78, 5) is 0. The highest BCUT2D eigenvalue weighted by Gasteiger charge is 2.18. The van der Waals surface area contributed by atoms with Crippen molar-refractivity contribution < 1.29 is 0 Å². The second kappa shape index (κ2) is 4.26. The first kappa shape index (κ1) is 9.23. The summed E-state index contributed by atoms with van der Waals surface area (Å²) in [6, 6.07) is 11.0. The lowest BCUT2D eigenvalue weighted by atomic mass is 9.88. The molecule has 0 bridgehead atoms. The van der Waals surface area contributed by atoms with Crippen LogP contribution in [0.25, 0.3) is 0 Å². The average molecular weight is 186 g/mol. The molecule has 14 heavy (non-hydrogen) atoms. The zero-order valence-electron chi connectivity index (χ0n) is 8.16. The SMILES string of the molecule is N#CCNC1CCCc2ccccc21. The van der Waals surface area contributed by atoms with Crippen LogP contribution in [0.3, 0.4) is 0 Å². The summed E-state index contributed by atoms with van der Waals surface area (Å²) in [6.07, 6.45) is 3.56. The van der Waals surface area contributed by atoms with E-state index in [9.17, 15) is 0 Å². The third kappa shape index (κ3) is 1.78. The predicted octanol–water partition coefficient (Wildman–Crippen LogP) is 2.18. The molecule has 1 atom stereocenters. The average Bonchev–Trinajstić information content (AvgIpc) is 2.26. The van der Waals surface area contributed by atoms with E-state index in [0.717, 1.165) is 6.42 Å². The Kier molecular flexibility index (Phi) is 2.81. The highest BCUT2D eigenvalue weighted by atomic mass is 14.9. The standard InChI is InChI=1S/C12H14N2/c13-8-9-14-12-7-3-5-10-4-1-2-6-11(10)12/h1-2,4,6,12,14H,3,5,7,9H2. The molecule has 0 saturated carbocycles. The van der Waals surface area contributed by atoms with E-state index in [0.29, 0.717) is 12.6 Å². The van der Waals surface area contributed by atoms with E-state index in [4.69, 9.17) is 5.26 Å². The molecule has 1 aliphatic carbocycles. The third-order valence-corrected chi connectivity index (χ3v) is 2.80. The van der Waals surface area contributed by atoms with E-state index < -0.39 is 0 Å². The van der Waals surface area contributed by atoms with Gasteiger partial charge in [-0.2, -0.15) is 5.26 Å². The predicted molar refractivity (Wildman–Crippen MR) is 55.7 cm³/mol. The Morgan fingerprint density at radius 1 is 1.43 bits per heavy atom. The minimum absolute atomic E-state index is 0.389. The van der Waals surface area contributed by atoms with Crippen LogP contribution in [0.4, 0.5) is 0 Å². The summed E-state index contributed by atoms with van der Waals surface area (Å²) in [7, 11) is 0. The van der Waals surface area contributed by atoms with Crippen molar-refractivity contribution in [1.82, 2.24) is 5.32 Å². The fraction of sp³-hybridized carbons (Fsp3) is 0.417. The molecule has 2 nitrogen and oxygen atoms in total. The minimum atomic E-state index is 0.389. The van der Waals surface area contributed by atoms with Gasteiger partial charge in [-0.25, -0.2) is 0 Å². The monoisotopic (exact) mass is 186 g/mol. The molecule has 2 heteroatoms. The van der Waals surface area contributed by atoms with Crippen molar-refractivity contribution in [1.29, 1.82) is 5.26 Å². The molecule has 72 valence electrons. The molecule has 0 heterocycles. The Bertz CT molecular complexity index is 352. The molecule has 0 saturated heterocycles. The van der Waals surface area contributed by atoms with Crippen LogP contribution in [0.15, 0.2) is 24.3 Å². The normalized spacial score (nSPS) is 19.8. The summed E-state index contributed by atoms with van der Waals surface area (Å²) in [6.45, 7) is 0.443. The molecular formula is C12H14N2. The molecule has 2 rings (SSSR count). The molecule has 0 fully saturated rings. The van der Waals surface area contributed by atoms with Crippen LogP contribution in [0.5, 0.6) is 0 Å². The molecule has 0 aliphatic heterocycles. The second-order valence-electron chi connectivity index (χ2n) is 3.68. The van der Waals surface area contributed by atoms with E-state index in [1.54, 1.807) is 0 Å². The Balaban J connectivity index is 2.18. The lowest BCUT2D eigenvalue weighted by Gasteiger charge is -2.25. The van der Waals surface area contributed by atoms with Gasteiger partial charge in [-0.15, -0.1) is 0 Å². The van der Waals surface area contributed by atoms with Gasteiger partial charge in [0.25, 0.3) is 0 Å². The summed E-state index contributed by atoms with van der Waals surface area (Å²) >= 11 is 0. The maximum Gasteiger partial charge on any atom is 0.0845 e. The van der Waals surface area contributed by atoms with Crippen LogP contribution in [0, 0.1) is 11.3 Å². The maximum atomic E-state index is 8.53. The van der Waals surface area contributed by atoms with Gasteiger partial charge in [-0.05, 0) is 30.4 Å².